The Morgan fingerprint density at radius 2 is 1.94 bits per heavy atom. The number of hydrogen-bond donors (Lipinski definition) is 1. The van der Waals surface area contributed by atoms with Crippen LogP contribution in [-0.2, 0) is 5.54 Å². The third-order valence-corrected chi connectivity index (χ3v) is 4.15. The molecule has 1 unspecified atom stereocenters. The molecular weight excluding hydrogens is 206 g/mol. The van der Waals surface area contributed by atoms with Crippen molar-refractivity contribution in [3.05, 3.63) is 48.0 Å². The Hall–Kier alpha value is -1.34. The Kier molecular flexibility index (Phi) is 2.64. The van der Waals surface area contributed by atoms with Gasteiger partial charge < -0.3 is 5.32 Å². The van der Waals surface area contributed by atoms with E-state index in [1.807, 2.05) is 0 Å². The summed E-state index contributed by atoms with van der Waals surface area (Å²) < 4.78 is 0. The van der Waals surface area contributed by atoms with Gasteiger partial charge in [-0.25, -0.2) is 0 Å². The molecule has 1 aliphatic heterocycles. The monoisotopic (exact) mass is 225 g/mol. The molecule has 0 bridgehead atoms. The number of benzene rings is 2. The molecule has 0 spiro atoms. The maximum Gasteiger partial charge on any atom is 0.0438 e. The molecule has 0 saturated carbocycles. The molecule has 1 saturated heterocycles. The number of fused-ring (bicyclic) bond motifs is 1. The fourth-order valence-electron chi connectivity index (χ4n) is 3.17. The Bertz CT molecular complexity index is 519. The van der Waals surface area contributed by atoms with Crippen LogP contribution in [0.25, 0.3) is 10.8 Å². The molecule has 17 heavy (non-hydrogen) atoms. The zero-order chi connectivity index (χ0) is 11.7. The Morgan fingerprint density at radius 3 is 2.71 bits per heavy atom. The third-order valence-electron chi connectivity index (χ3n) is 4.15. The predicted molar refractivity (Wildman–Crippen MR) is 73.2 cm³/mol. The summed E-state index contributed by atoms with van der Waals surface area (Å²) in [6.07, 6.45) is 3.72. The molecule has 0 aromatic heterocycles. The molecule has 2 aromatic carbocycles. The summed E-state index contributed by atoms with van der Waals surface area (Å²) in [7, 11) is 0. The van der Waals surface area contributed by atoms with Crippen molar-refractivity contribution in [2.75, 3.05) is 6.54 Å². The molecular formula is C16H19N. The second-order valence-electron chi connectivity index (χ2n) is 4.99. The van der Waals surface area contributed by atoms with E-state index in [-0.39, 0.29) is 5.54 Å². The van der Waals surface area contributed by atoms with E-state index in [4.69, 9.17) is 0 Å². The first-order valence-electron chi connectivity index (χ1n) is 6.59. The fourth-order valence-corrected chi connectivity index (χ4v) is 3.17. The smallest absolute Gasteiger partial charge is 0.0438 e. The summed E-state index contributed by atoms with van der Waals surface area (Å²) in [5, 5.41) is 6.49. The van der Waals surface area contributed by atoms with Crippen LogP contribution in [0.2, 0.25) is 0 Å². The lowest BCUT2D eigenvalue weighted by Crippen LogP contribution is -2.36. The molecule has 1 atom stereocenters. The van der Waals surface area contributed by atoms with E-state index in [1.165, 1.54) is 35.6 Å². The van der Waals surface area contributed by atoms with Crippen LogP contribution in [-0.4, -0.2) is 6.54 Å². The molecule has 1 heterocycles. The zero-order valence-corrected chi connectivity index (χ0v) is 10.4. The molecule has 1 fully saturated rings. The van der Waals surface area contributed by atoms with Gasteiger partial charge in [-0.1, -0.05) is 49.4 Å². The van der Waals surface area contributed by atoms with Crippen molar-refractivity contribution in [2.24, 2.45) is 0 Å². The van der Waals surface area contributed by atoms with Crippen molar-refractivity contribution in [3.63, 3.8) is 0 Å². The number of rotatable bonds is 2. The third kappa shape index (κ3) is 1.66. The van der Waals surface area contributed by atoms with Crippen LogP contribution in [0.3, 0.4) is 0 Å². The standard InChI is InChI=1S/C16H19N/c1-2-16(11-6-12-17-16)15-10-5-8-13-7-3-4-9-14(13)15/h3-5,7-10,17H,2,6,11-12H2,1H3. The van der Waals surface area contributed by atoms with E-state index in [0.717, 1.165) is 6.54 Å². The average Bonchev–Trinajstić information content (AvgIpc) is 2.88. The van der Waals surface area contributed by atoms with Gasteiger partial charge in [0.05, 0.1) is 0 Å². The lowest BCUT2D eigenvalue weighted by molar-refractivity contribution is 0.379. The molecule has 1 nitrogen and oxygen atoms in total. The van der Waals surface area contributed by atoms with E-state index in [1.54, 1.807) is 0 Å². The van der Waals surface area contributed by atoms with E-state index < -0.39 is 0 Å². The number of hydrogen-bond acceptors (Lipinski definition) is 1. The molecule has 0 radical (unpaired) electrons. The average molecular weight is 225 g/mol. The minimum Gasteiger partial charge on any atom is -0.307 e. The summed E-state index contributed by atoms with van der Waals surface area (Å²) in [6.45, 7) is 3.44. The van der Waals surface area contributed by atoms with Crippen LogP contribution in [0.4, 0.5) is 0 Å². The lowest BCUT2D eigenvalue weighted by atomic mass is 9.83. The van der Waals surface area contributed by atoms with Crippen LogP contribution in [0.5, 0.6) is 0 Å². The Labute approximate surface area is 103 Å². The lowest BCUT2D eigenvalue weighted by Gasteiger charge is -2.30. The number of nitrogens with one attached hydrogen (secondary N) is 1. The topological polar surface area (TPSA) is 12.0 Å². The molecule has 3 rings (SSSR count). The summed E-state index contributed by atoms with van der Waals surface area (Å²) >= 11 is 0. The van der Waals surface area contributed by atoms with Crippen LogP contribution in [0.1, 0.15) is 31.7 Å². The molecule has 88 valence electrons. The largest absolute Gasteiger partial charge is 0.307 e. The highest BCUT2D eigenvalue weighted by Gasteiger charge is 2.34. The van der Waals surface area contributed by atoms with Crippen molar-refractivity contribution in [1.82, 2.24) is 5.32 Å². The summed E-state index contributed by atoms with van der Waals surface area (Å²) in [4.78, 5) is 0. The van der Waals surface area contributed by atoms with Gasteiger partial charge in [0.15, 0.2) is 0 Å². The minimum absolute atomic E-state index is 0.209. The van der Waals surface area contributed by atoms with Gasteiger partial charge in [-0.05, 0) is 42.1 Å². The minimum atomic E-state index is 0.209. The first-order valence-corrected chi connectivity index (χ1v) is 6.59. The van der Waals surface area contributed by atoms with Gasteiger partial charge in [0.2, 0.25) is 0 Å². The molecule has 1 N–H and O–H groups in total. The maximum absolute atomic E-state index is 3.73. The summed E-state index contributed by atoms with van der Waals surface area (Å²) in [6, 6.07) is 15.4. The highest BCUT2D eigenvalue weighted by molar-refractivity contribution is 5.86. The van der Waals surface area contributed by atoms with Gasteiger partial charge >= 0.3 is 0 Å². The first kappa shape index (κ1) is 10.8. The van der Waals surface area contributed by atoms with Crippen molar-refractivity contribution < 1.29 is 0 Å². The second-order valence-corrected chi connectivity index (χ2v) is 4.99. The van der Waals surface area contributed by atoms with Crippen molar-refractivity contribution in [1.29, 1.82) is 0 Å². The SMILES string of the molecule is CCC1(c2cccc3ccccc23)CCCN1. The summed E-state index contributed by atoms with van der Waals surface area (Å²) in [5.74, 6) is 0. The van der Waals surface area contributed by atoms with Crippen LogP contribution in [0, 0.1) is 0 Å². The first-order chi connectivity index (χ1) is 8.36. The maximum atomic E-state index is 3.73. The van der Waals surface area contributed by atoms with Crippen molar-refractivity contribution in [3.8, 4) is 0 Å². The van der Waals surface area contributed by atoms with Gasteiger partial charge in [0.1, 0.15) is 0 Å². The van der Waals surface area contributed by atoms with Crippen LogP contribution >= 0.6 is 0 Å². The Balaban J connectivity index is 2.22. The van der Waals surface area contributed by atoms with E-state index >= 15 is 0 Å². The molecule has 1 aliphatic rings. The summed E-state index contributed by atoms with van der Waals surface area (Å²) in [5.41, 5.74) is 1.69. The van der Waals surface area contributed by atoms with E-state index in [2.05, 4.69) is 54.7 Å². The van der Waals surface area contributed by atoms with Gasteiger partial charge in [-0.3, -0.25) is 0 Å². The van der Waals surface area contributed by atoms with Crippen molar-refractivity contribution >= 4 is 10.8 Å². The van der Waals surface area contributed by atoms with E-state index in [9.17, 15) is 0 Å². The quantitative estimate of drug-likeness (QED) is 0.819. The normalized spacial score (nSPS) is 24.3. The van der Waals surface area contributed by atoms with Gasteiger partial charge in [-0.2, -0.15) is 0 Å². The molecule has 0 aliphatic carbocycles. The molecule has 1 heteroatoms. The highest BCUT2D eigenvalue weighted by Crippen LogP contribution is 2.37. The van der Waals surface area contributed by atoms with Crippen LogP contribution in [0.15, 0.2) is 42.5 Å². The van der Waals surface area contributed by atoms with Crippen LogP contribution < -0.4 is 5.32 Å². The predicted octanol–water partition coefficient (Wildman–Crippen LogP) is 3.83. The Morgan fingerprint density at radius 1 is 1.12 bits per heavy atom. The van der Waals surface area contributed by atoms with Gasteiger partial charge in [-0.15, -0.1) is 0 Å². The highest BCUT2D eigenvalue weighted by atomic mass is 15.0. The van der Waals surface area contributed by atoms with E-state index in [0.29, 0.717) is 0 Å². The fraction of sp³-hybridized carbons (Fsp3) is 0.375. The molecule has 2 aromatic rings. The van der Waals surface area contributed by atoms with Gasteiger partial charge in [0, 0.05) is 5.54 Å². The van der Waals surface area contributed by atoms with Crippen molar-refractivity contribution in [2.45, 2.75) is 31.7 Å². The molecule has 0 amide bonds. The zero-order valence-electron chi connectivity index (χ0n) is 10.4. The van der Waals surface area contributed by atoms with Gasteiger partial charge in [0.25, 0.3) is 0 Å². The second kappa shape index (κ2) is 4.15.